The molecule has 2 heteroatoms. The number of piperidine rings is 1. The molecule has 2 aliphatic rings. The van der Waals surface area contributed by atoms with E-state index in [1.54, 1.807) is 0 Å². The van der Waals surface area contributed by atoms with Crippen LogP contribution >= 0.6 is 0 Å². The lowest BCUT2D eigenvalue weighted by atomic mass is 9.96. The maximum Gasteiger partial charge on any atom is 0.108 e. The van der Waals surface area contributed by atoms with E-state index in [1.807, 2.05) is 0 Å². The lowest BCUT2D eigenvalue weighted by molar-refractivity contribution is -0.0482. The van der Waals surface area contributed by atoms with E-state index in [2.05, 4.69) is 84.6 Å². The molecular formula is C28H33NO. The third-order valence-corrected chi connectivity index (χ3v) is 7.12. The van der Waals surface area contributed by atoms with E-state index in [1.165, 1.54) is 67.0 Å². The molecule has 0 saturated carbocycles. The van der Waals surface area contributed by atoms with Gasteiger partial charge < -0.3 is 4.74 Å². The minimum Gasteiger partial charge on any atom is -0.365 e. The second-order valence-electron chi connectivity index (χ2n) is 9.10. The van der Waals surface area contributed by atoms with Crippen LogP contribution < -0.4 is 0 Å². The number of fused-ring (bicyclic) bond motifs is 3. The highest BCUT2D eigenvalue weighted by Gasteiger charge is 2.41. The molecule has 0 aliphatic carbocycles. The molecule has 3 aromatic rings. The van der Waals surface area contributed by atoms with Crippen LogP contribution in [-0.2, 0) is 4.74 Å². The molecule has 3 aromatic carbocycles. The van der Waals surface area contributed by atoms with Crippen molar-refractivity contribution in [2.45, 2.75) is 69.7 Å². The van der Waals surface area contributed by atoms with Crippen LogP contribution in [0, 0.1) is 0 Å². The van der Waals surface area contributed by atoms with Crippen LogP contribution in [0.3, 0.4) is 0 Å². The highest BCUT2D eigenvalue weighted by atomic mass is 16.5. The third kappa shape index (κ3) is 4.04. The number of rotatable bonds is 7. The van der Waals surface area contributed by atoms with E-state index < -0.39 is 0 Å². The van der Waals surface area contributed by atoms with Crippen LogP contribution in [-0.4, -0.2) is 29.6 Å². The molecule has 30 heavy (non-hydrogen) atoms. The fraction of sp³-hybridized carbons (Fsp3) is 0.429. The van der Waals surface area contributed by atoms with Gasteiger partial charge >= 0.3 is 0 Å². The third-order valence-electron chi connectivity index (χ3n) is 7.12. The minimum absolute atomic E-state index is 0.00222. The van der Waals surface area contributed by atoms with Crippen LogP contribution in [0.2, 0.25) is 0 Å². The highest BCUT2D eigenvalue weighted by Crippen LogP contribution is 2.40. The molecule has 5 rings (SSSR count). The number of unbranched alkanes of at least 4 members (excludes halogenated alkanes) is 1. The van der Waals surface area contributed by atoms with E-state index in [-0.39, 0.29) is 6.10 Å². The van der Waals surface area contributed by atoms with Crippen LogP contribution in [0.1, 0.15) is 62.7 Å². The van der Waals surface area contributed by atoms with Crippen molar-refractivity contribution in [3.63, 3.8) is 0 Å². The summed E-state index contributed by atoms with van der Waals surface area (Å²) < 4.78 is 6.92. The topological polar surface area (TPSA) is 12.5 Å². The van der Waals surface area contributed by atoms with Crippen molar-refractivity contribution in [1.29, 1.82) is 0 Å². The lowest BCUT2D eigenvalue weighted by Crippen LogP contribution is -2.46. The fourth-order valence-electron chi connectivity index (χ4n) is 5.58. The minimum atomic E-state index is 0.00222. The summed E-state index contributed by atoms with van der Waals surface area (Å²) in [5.74, 6) is 0. The van der Waals surface area contributed by atoms with Crippen LogP contribution in [0.5, 0.6) is 0 Å². The standard InChI is InChI=1S/C28H33NO/c1-2-3-17-29-25-15-16-26(29)20-27(19-25)30-28(22-10-5-4-6-11-22)24-14-13-21-9-7-8-12-23(21)18-24/h4-14,18,25-28H,2-3,15-17,19-20H2,1H3/t25-,26+,27?,28?. The average Bonchev–Trinajstić information content (AvgIpc) is 3.03. The molecule has 0 spiro atoms. The van der Waals surface area contributed by atoms with Crippen LogP contribution in [0.25, 0.3) is 10.8 Å². The van der Waals surface area contributed by atoms with Crippen molar-refractivity contribution in [2.75, 3.05) is 6.54 Å². The first-order valence-electron chi connectivity index (χ1n) is 11.8. The Morgan fingerprint density at radius 3 is 2.27 bits per heavy atom. The van der Waals surface area contributed by atoms with E-state index >= 15 is 0 Å². The number of nitrogens with zero attached hydrogens (tertiary/aromatic N) is 1. The Bertz CT molecular complexity index is 955. The molecule has 0 N–H and O–H groups in total. The summed E-state index contributed by atoms with van der Waals surface area (Å²) in [6, 6.07) is 27.6. The Balaban J connectivity index is 1.40. The molecular weight excluding hydrogens is 366 g/mol. The van der Waals surface area contributed by atoms with Gasteiger partial charge in [-0.1, -0.05) is 80.1 Å². The largest absolute Gasteiger partial charge is 0.365 e. The number of hydrogen-bond acceptors (Lipinski definition) is 2. The Hall–Kier alpha value is -2.16. The van der Waals surface area contributed by atoms with Gasteiger partial charge in [0.15, 0.2) is 0 Å². The zero-order valence-corrected chi connectivity index (χ0v) is 18.0. The fourth-order valence-corrected chi connectivity index (χ4v) is 5.58. The monoisotopic (exact) mass is 399 g/mol. The molecule has 2 unspecified atom stereocenters. The highest BCUT2D eigenvalue weighted by molar-refractivity contribution is 5.83. The van der Waals surface area contributed by atoms with Gasteiger partial charge in [0.2, 0.25) is 0 Å². The van der Waals surface area contributed by atoms with Gasteiger partial charge in [-0.2, -0.15) is 0 Å². The molecule has 2 heterocycles. The Kier molecular flexibility index (Phi) is 5.88. The van der Waals surface area contributed by atoms with E-state index in [9.17, 15) is 0 Å². The quantitative estimate of drug-likeness (QED) is 0.436. The predicted octanol–water partition coefficient (Wildman–Crippen LogP) is 6.74. The van der Waals surface area contributed by atoms with Crippen molar-refractivity contribution >= 4 is 10.8 Å². The summed E-state index contributed by atoms with van der Waals surface area (Å²) in [6.45, 7) is 3.57. The Morgan fingerprint density at radius 2 is 1.53 bits per heavy atom. The van der Waals surface area contributed by atoms with Gasteiger partial charge in [-0.15, -0.1) is 0 Å². The SMILES string of the molecule is CCCCN1[C@@H]2CC[C@H]1CC(OC(c1ccccc1)c1ccc3ccccc3c1)C2. The number of ether oxygens (including phenoxy) is 1. The zero-order chi connectivity index (χ0) is 20.3. The first kappa shape index (κ1) is 19.8. The molecule has 2 aliphatic heterocycles. The van der Waals surface area contributed by atoms with Gasteiger partial charge in [0.05, 0.1) is 6.10 Å². The first-order chi connectivity index (χ1) is 14.8. The summed E-state index contributed by atoms with van der Waals surface area (Å²) in [5.41, 5.74) is 2.52. The van der Waals surface area contributed by atoms with Crippen molar-refractivity contribution in [1.82, 2.24) is 4.90 Å². The van der Waals surface area contributed by atoms with Gasteiger partial charge in [0, 0.05) is 12.1 Å². The number of benzene rings is 3. The summed E-state index contributed by atoms with van der Waals surface area (Å²) in [4.78, 5) is 2.79. The first-order valence-corrected chi connectivity index (χ1v) is 11.8. The molecule has 2 nitrogen and oxygen atoms in total. The predicted molar refractivity (Wildman–Crippen MR) is 125 cm³/mol. The average molecular weight is 400 g/mol. The maximum atomic E-state index is 6.92. The second kappa shape index (κ2) is 8.91. The van der Waals surface area contributed by atoms with Gasteiger partial charge in [0.25, 0.3) is 0 Å². The normalized spacial score (nSPS) is 24.9. The molecule has 4 atom stereocenters. The van der Waals surface area contributed by atoms with E-state index in [0.29, 0.717) is 18.2 Å². The van der Waals surface area contributed by atoms with Crippen molar-refractivity contribution in [3.05, 3.63) is 83.9 Å². The molecule has 2 bridgehead atoms. The van der Waals surface area contributed by atoms with E-state index in [4.69, 9.17) is 4.74 Å². The van der Waals surface area contributed by atoms with Crippen LogP contribution in [0.15, 0.2) is 72.8 Å². The summed E-state index contributed by atoms with van der Waals surface area (Å²) in [6.07, 6.45) is 8.00. The maximum absolute atomic E-state index is 6.92. The van der Waals surface area contributed by atoms with Gasteiger partial charge in [-0.25, -0.2) is 0 Å². The smallest absolute Gasteiger partial charge is 0.108 e. The summed E-state index contributed by atoms with van der Waals surface area (Å²) in [7, 11) is 0. The molecule has 156 valence electrons. The van der Waals surface area contributed by atoms with E-state index in [0.717, 1.165) is 0 Å². The molecule has 0 aromatic heterocycles. The van der Waals surface area contributed by atoms with Crippen LogP contribution in [0.4, 0.5) is 0 Å². The van der Waals surface area contributed by atoms with Gasteiger partial charge in [-0.3, -0.25) is 4.90 Å². The molecule has 0 radical (unpaired) electrons. The van der Waals surface area contributed by atoms with Crippen molar-refractivity contribution in [2.24, 2.45) is 0 Å². The second-order valence-corrected chi connectivity index (χ2v) is 9.10. The van der Waals surface area contributed by atoms with Gasteiger partial charge in [-0.05, 0) is 66.6 Å². The Morgan fingerprint density at radius 1 is 0.833 bits per heavy atom. The number of hydrogen-bond donors (Lipinski definition) is 0. The zero-order valence-electron chi connectivity index (χ0n) is 18.0. The van der Waals surface area contributed by atoms with Crippen molar-refractivity contribution in [3.8, 4) is 0 Å². The molecule has 2 fully saturated rings. The summed E-state index contributed by atoms with van der Waals surface area (Å²) in [5, 5.41) is 2.57. The molecule has 0 amide bonds. The summed E-state index contributed by atoms with van der Waals surface area (Å²) >= 11 is 0. The Labute approximate surface area is 180 Å². The van der Waals surface area contributed by atoms with Crippen molar-refractivity contribution < 1.29 is 4.74 Å². The van der Waals surface area contributed by atoms with Gasteiger partial charge in [0.1, 0.15) is 6.10 Å². The molecule has 2 saturated heterocycles. The lowest BCUT2D eigenvalue weighted by Gasteiger charge is -2.40.